The van der Waals surface area contributed by atoms with Gasteiger partial charge in [-0.25, -0.2) is 0 Å². The highest BCUT2D eigenvalue weighted by Gasteiger charge is 2.29. The molecule has 26 heavy (non-hydrogen) atoms. The Hall–Kier alpha value is -2.34. The van der Waals surface area contributed by atoms with Gasteiger partial charge in [0.05, 0.1) is 11.8 Å². The first-order chi connectivity index (χ1) is 12.7. The number of nitrogens with zero attached hydrogens (tertiary/aromatic N) is 3. The number of aromatic nitrogens is 1. The number of rotatable bonds is 5. The molecular weight excluding hydrogens is 344 g/mol. The third-order valence-electron chi connectivity index (χ3n) is 3.96. The second-order valence-electron chi connectivity index (χ2n) is 5.81. The lowest BCUT2D eigenvalue weighted by atomic mass is 9.89. The van der Waals surface area contributed by atoms with Gasteiger partial charge in [0.1, 0.15) is 6.61 Å². The molecule has 0 saturated carbocycles. The monoisotopic (exact) mass is 370 g/mol. The van der Waals surface area contributed by atoms with Crippen molar-refractivity contribution in [3.8, 4) is 0 Å². The Kier molecular flexibility index (Phi) is 7.66. The van der Waals surface area contributed by atoms with Gasteiger partial charge in [-0.1, -0.05) is 49.0 Å². The minimum Gasteiger partial charge on any atom is -0.391 e. The first-order valence-corrected chi connectivity index (χ1v) is 9.77. The molecule has 0 aliphatic carbocycles. The van der Waals surface area contributed by atoms with E-state index >= 15 is 0 Å². The zero-order chi connectivity index (χ0) is 18.8. The molecule has 3 rings (SSSR count). The van der Waals surface area contributed by atoms with Crippen molar-refractivity contribution >= 4 is 23.1 Å². The number of thioether (sulfide) groups is 1. The SMILES string of the molecule is CC.CC1(c2cccc(/C=N/OCc3ccncc3)c2)CCSC(N)=N1. The largest absolute Gasteiger partial charge is 0.391 e. The minimum atomic E-state index is -0.267. The third kappa shape index (κ3) is 5.59. The summed E-state index contributed by atoms with van der Waals surface area (Å²) in [6, 6.07) is 12.0. The van der Waals surface area contributed by atoms with E-state index in [1.165, 1.54) is 0 Å². The topological polar surface area (TPSA) is 72.9 Å². The molecule has 0 bridgehead atoms. The van der Waals surface area contributed by atoms with Crippen molar-refractivity contribution in [3.63, 3.8) is 0 Å². The fourth-order valence-electron chi connectivity index (χ4n) is 2.54. The normalized spacial score (nSPS) is 19.4. The minimum absolute atomic E-state index is 0.267. The van der Waals surface area contributed by atoms with Gasteiger partial charge < -0.3 is 10.6 Å². The number of nitrogens with two attached hydrogens (primary N) is 1. The van der Waals surface area contributed by atoms with Crippen LogP contribution in [0.15, 0.2) is 58.9 Å². The summed E-state index contributed by atoms with van der Waals surface area (Å²) in [6.07, 6.45) is 6.17. The second-order valence-corrected chi connectivity index (χ2v) is 6.93. The molecular formula is C20H26N4OS. The molecule has 2 heterocycles. The van der Waals surface area contributed by atoms with Crippen LogP contribution in [0.25, 0.3) is 0 Å². The fourth-order valence-corrected chi connectivity index (χ4v) is 3.51. The fraction of sp³-hybridized carbons (Fsp3) is 0.350. The van der Waals surface area contributed by atoms with E-state index < -0.39 is 0 Å². The number of hydrogen-bond donors (Lipinski definition) is 1. The second kappa shape index (κ2) is 9.97. The van der Waals surface area contributed by atoms with Crippen LogP contribution in [0.3, 0.4) is 0 Å². The molecule has 1 aromatic heterocycles. The van der Waals surface area contributed by atoms with E-state index in [1.54, 1.807) is 30.4 Å². The molecule has 1 aliphatic heterocycles. The summed E-state index contributed by atoms with van der Waals surface area (Å²) >= 11 is 1.61. The predicted molar refractivity (Wildman–Crippen MR) is 110 cm³/mol. The van der Waals surface area contributed by atoms with Crippen molar-refractivity contribution in [2.24, 2.45) is 15.9 Å². The van der Waals surface area contributed by atoms with Crippen LogP contribution in [0, 0.1) is 0 Å². The first-order valence-electron chi connectivity index (χ1n) is 8.79. The Balaban J connectivity index is 0.00000117. The van der Waals surface area contributed by atoms with Gasteiger partial charge >= 0.3 is 0 Å². The maximum absolute atomic E-state index is 5.90. The summed E-state index contributed by atoms with van der Waals surface area (Å²) in [4.78, 5) is 14.0. The molecule has 2 N–H and O–H groups in total. The first kappa shape index (κ1) is 20.0. The molecule has 0 saturated heterocycles. The number of amidine groups is 1. The quantitative estimate of drug-likeness (QED) is 0.628. The predicted octanol–water partition coefficient (Wildman–Crippen LogP) is 4.33. The van der Waals surface area contributed by atoms with E-state index in [0.29, 0.717) is 11.8 Å². The molecule has 0 amide bonds. The molecule has 0 fully saturated rings. The smallest absolute Gasteiger partial charge is 0.154 e. The Morgan fingerprint density at radius 2 is 2.04 bits per heavy atom. The average Bonchev–Trinajstić information content (AvgIpc) is 2.68. The van der Waals surface area contributed by atoms with Gasteiger partial charge in [0.25, 0.3) is 0 Å². The average molecular weight is 371 g/mol. The van der Waals surface area contributed by atoms with Crippen LogP contribution in [-0.2, 0) is 17.0 Å². The maximum atomic E-state index is 5.90. The summed E-state index contributed by atoms with van der Waals surface area (Å²) in [5.74, 6) is 0.985. The lowest BCUT2D eigenvalue weighted by Crippen LogP contribution is -2.28. The van der Waals surface area contributed by atoms with E-state index in [9.17, 15) is 0 Å². The van der Waals surface area contributed by atoms with Crippen molar-refractivity contribution in [3.05, 3.63) is 65.5 Å². The zero-order valence-corrected chi connectivity index (χ0v) is 16.4. The van der Waals surface area contributed by atoms with Crippen LogP contribution < -0.4 is 5.73 Å². The van der Waals surface area contributed by atoms with E-state index in [4.69, 9.17) is 10.6 Å². The summed E-state index contributed by atoms with van der Waals surface area (Å²) in [5.41, 5.74) is 8.79. The summed E-state index contributed by atoms with van der Waals surface area (Å²) in [6.45, 7) is 6.55. The van der Waals surface area contributed by atoms with Gasteiger partial charge in [-0.2, -0.15) is 0 Å². The lowest BCUT2D eigenvalue weighted by molar-refractivity contribution is 0.132. The van der Waals surface area contributed by atoms with Gasteiger partial charge in [0, 0.05) is 18.1 Å². The number of oxime groups is 1. The Labute approximate surface area is 159 Å². The lowest BCUT2D eigenvalue weighted by Gasteiger charge is -2.29. The summed E-state index contributed by atoms with van der Waals surface area (Å²) in [7, 11) is 0. The number of benzene rings is 1. The number of hydrogen-bond acceptors (Lipinski definition) is 6. The van der Waals surface area contributed by atoms with Crippen LogP contribution in [0.2, 0.25) is 0 Å². The maximum Gasteiger partial charge on any atom is 0.154 e. The molecule has 138 valence electrons. The van der Waals surface area contributed by atoms with Crippen molar-refractivity contribution in [2.75, 3.05) is 5.75 Å². The zero-order valence-electron chi connectivity index (χ0n) is 15.6. The van der Waals surface area contributed by atoms with Crippen molar-refractivity contribution in [2.45, 2.75) is 39.3 Å². The standard InChI is InChI=1S/C18H20N4OS.C2H6/c1-18(7-10-24-17(19)22-18)16-4-2-3-15(11-16)12-21-23-13-14-5-8-20-9-6-14;1-2/h2-6,8-9,11-12H,7,10,13H2,1H3,(H2,19,22);1-2H3/b21-12+;. The highest BCUT2D eigenvalue weighted by molar-refractivity contribution is 8.13. The third-order valence-corrected chi connectivity index (χ3v) is 4.76. The van der Waals surface area contributed by atoms with Crippen LogP contribution in [-0.4, -0.2) is 22.1 Å². The van der Waals surface area contributed by atoms with Gasteiger partial charge in [0.2, 0.25) is 0 Å². The summed E-state index contributed by atoms with van der Waals surface area (Å²) in [5, 5.41) is 4.71. The molecule has 1 atom stereocenters. The van der Waals surface area contributed by atoms with Gasteiger partial charge in [-0.15, -0.1) is 0 Å². The van der Waals surface area contributed by atoms with Crippen LogP contribution >= 0.6 is 11.8 Å². The summed E-state index contributed by atoms with van der Waals surface area (Å²) < 4.78 is 0. The molecule has 0 radical (unpaired) electrons. The van der Waals surface area contributed by atoms with Gasteiger partial charge in [-0.05, 0) is 48.2 Å². The molecule has 5 nitrogen and oxygen atoms in total. The number of pyridine rings is 1. The van der Waals surface area contributed by atoms with Crippen LogP contribution in [0.1, 0.15) is 43.9 Å². The molecule has 0 spiro atoms. The highest BCUT2D eigenvalue weighted by atomic mass is 32.2. The van der Waals surface area contributed by atoms with E-state index in [-0.39, 0.29) is 5.54 Å². The van der Waals surface area contributed by atoms with E-state index in [1.807, 2.05) is 38.1 Å². The van der Waals surface area contributed by atoms with Crippen molar-refractivity contribution in [1.29, 1.82) is 0 Å². The Morgan fingerprint density at radius 3 is 2.77 bits per heavy atom. The molecule has 1 aromatic carbocycles. The highest BCUT2D eigenvalue weighted by Crippen LogP contribution is 2.35. The van der Waals surface area contributed by atoms with Gasteiger partial charge in [-0.3, -0.25) is 9.98 Å². The molecule has 1 unspecified atom stereocenters. The Morgan fingerprint density at radius 1 is 1.27 bits per heavy atom. The van der Waals surface area contributed by atoms with E-state index in [0.717, 1.165) is 28.9 Å². The van der Waals surface area contributed by atoms with Crippen molar-refractivity contribution in [1.82, 2.24) is 4.98 Å². The van der Waals surface area contributed by atoms with Crippen LogP contribution in [0.4, 0.5) is 0 Å². The Bertz CT molecular complexity index is 748. The molecule has 1 aliphatic rings. The van der Waals surface area contributed by atoms with Crippen LogP contribution in [0.5, 0.6) is 0 Å². The van der Waals surface area contributed by atoms with Gasteiger partial charge in [0.15, 0.2) is 5.17 Å². The van der Waals surface area contributed by atoms with Crippen molar-refractivity contribution < 1.29 is 4.84 Å². The number of aliphatic imine (C=N–C) groups is 1. The molecule has 6 heteroatoms. The van der Waals surface area contributed by atoms with E-state index in [2.05, 4.69) is 34.2 Å². The molecule has 2 aromatic rings.